The van der Waals surface area contributed by atoms with Crippen molar-refractivity contribution in [2.24, 2.45) is 0 Å². The van der Waals surface area contributed by atoms with Crippen molar-refractivity contribution in [3.8, 4) is 11.1 Å². The number of amides is 2. The molecule has 2 amide bonds. The van der Waals surface area contributed by atoms with Gasteiger partial charge >= 0.3 is 0 Å². The molecule has 232 valence electrons. The summed E-state index contributed by atoms with van der Waals surface area (Å²) in [4.78, 5) is 35.0. The summed E-state index contributed by atoms with van der Waals surface area (Å²) < 4.78 is 14.6. The zero-order valence-corrected chi connectivity index (χ0v) is 25.7. The summed E-state index contributed by atoms with van der Waals surface area (Å²) in [5, 5.41) is 6.33. The summed E-state index contributed by atoms with van der Waals surface area (Å²) in [5.41, 5.74) is 4.64. The van der Waals surface area contributed by atoms with Gasteiger partial charge in [-0.25, -0.2) is 9.37 Å². The molecule has 2 saturated heterocycles. The van der Waals surface area contributed by atoms with Gasteiger partial charge in [0.25, 0.3) is 11.8 Å². The van der Waals surface area contributed by atoms with Crippen molar-refractivity contribution in [2.45, 2.75) is 51.2 Å². The largest absolute Gasteiger partial charge is 0.356 e. The van der Waals surface area contributed by atoms with Crippen LogP contribution in [-0.4, -0.2) is 60.0 Å². The van der Waals surface area contributed by atoms with Crippen LogP contribution in [0.5, 0.6) is 0 Å². The van der Waals surface area contributed by atoms with Gasteiger partial charge in [-0.3, -0.25) is 14.5 Å². The number of aryl methyl sites for hydroxylation is 1. The van der Waals surface area contributed by atoms with E-state index in [0.717, 1.165) is 75.4 Å². The number of piperidine rings is 2. The van der Waals surface area contributed by atoms with Crippen molar-refractivity contribution in [3.05, 3.63) is 119 Å². The highest BCUT2D eigenvalue weighted by Gasteiger charge is 2.24. The highest BCUT2D eigenvalue weighted by Crippen LogP contribution is 2.25. The SMILES string of the molecule is Cc1ccc(-c2cc(C(=O)NC3CCN(Cc4ccc(N5CCC(NC(=O)c6ccccc6)CC5)nc4)CC3)ccc2F)cc1. The summed E-state index contributed by atoms with van der Waals surface area (Å²) in [6.07, 6.45) is 5.47. The Morgan fingerprint density at radius 1 is 0.778 bits per heavy atom. The first kappa shape index (κ1) is 30.5. The Kier molecular flexibility index (Phi) is 9.50. The van der Waals surface area contributed by atoms with E-state index >= 15 is 0 Å². The van der Waals surface area contributed by atoms with Crippen molar-refractivity contribution >= 4 is 17.6 Å². The molecular formula is C37H40FN5O2. The highest BCUT2D eigenvalue weighted by molar-refractivity contribution is 5.96. The molecular weight excluding hydrogens is 565 g/mol. The Labute approximate surface area is 264 Å². The van der Waals surface area contributed by atoms with Gasteiger partial charge in [-0.05, 0) is 80.1 Å². The van der Waals surface area contributed by atoms with E-state index in [4.69, 9.17) is 4.98 Å². The first-order valence-corrected chi connectivity index (χ1v) is 15.9. The number of carbonyl (C=O) groups is 2. The molecule has 2 N–H and O–H groups in total. The third-order valence-corrected chi connectivity index (χ3v) is 8.92. The average Bonchev–Trinajstić information content (AvgIpc) is 3.07. The first-order valence-electron chi connectivity index (χ1n) is 15.9. The molecule has 3 aromatic carbocycles. The third-order valence-electron chi connectivity index (χ3n) is 8.92. The van der Waals surface area contributed by atoms with Gasteiger partial charge in [0.15, 0.2) is 0 Å². The Morgan fingerprint density at radius 3 is 2.07 bits per heavy atom. The lowest BCUT2D eigenvalue weighted by Crippen LogP contribution is -2.45. The summed E-state index contributed by atoms with van der Waals surface area (Å²) in [6, 6.07) is 26.1. The van der Waals surface area contributed by atoms with E-state index in [1.54, 1.807) is 12.1 Å². The molecule has 2 aliphatic heterocycles. The maximum atomic E-state index is 14.6. The second kappa shape index (κ2) is 14.0. The molecule has 45 heavy (non-hydrogen) atoms. The zero-order chi connectivity index (χ0) is 31.2. The Bertz CT molecular complexity index is 1590. The quantitative estimate of drug-likeness (QED) is 0.258. The normalized spacial score (nSPS) is 16.4. The molecule has 7 nitrogen and oxygen atoms in total. The van der Waals surface area contributed by atoms with Gasteiger partial charge in [-0.2, -0.15) is 0 Å². The van der Waals surface area contributed by atoms with Crippen LogP contribution in [0.4, 0.5) is 10.2 Å². The fourth-order valence-electron chi connectivity index (χ4n) is 6.19. The maximum absolute atomic E-state index is 14.6. The Morgan fingerprint density at radius 2 is 1.42 bits per heavy atom. The molecule has 3 heterocycles. The minimum Gasteiger partial charge on any atom is -0.356 e. The number of rotatable bonds is 8. The summed E-state index contributed by atoms with van der Waals surface area (Å²) >= 11 is 0. The first-order chi connectivity index (χ1) is 21.9. The maximum Gasteiger partial charge on any atom is 0.251 e. The van der Waals surface area contributed by atoms with Gasteiger partial charge in [0.1, 0.15) is 11.6 Å². The Hall–Kier alpha value is -4.56. The molecule has 2 fully saturated rings. The smallest absolute Gasteiger partial charge is 0.251 e. The molecule has 0 unspecified atom stereocenters. The number of pyridine rings is 1. The van der Waals surface area contributed by atoms with Crippen LogP contribution in [0.15, 0.2) is 91.1 Å². The van der Waals surface area contributed by atoms with Crippen molar-refractivity contribution < 1.29 is 14.0 Å². The molecule has 0 radical (unpaired) electrons. The van der Waals surface area contributed by atoms with E-state index in [9.17, 15) is 14.0 Å². The molecule has 0 saturated carbocycles. The van der Waals surface area contributed by atoms with Gasteiger partial charge in [0.2, 0.25) is 0 Å². The second-order valence-corrected chi connectivity index (χ2v) is 12.2. The molecule has 0 bridgehead atoms. The lowest BCUT2D eigenvalue weighted by atomic mass is 10.00. The minimum absolute atomic E-state index is 0.0108. The number of hydrogen-bond donors (Lipinski definition) is 2. The van der Waals surface area contributed by atoms with Crippen molar-refractivity contribution in [1.29, 1.82) is 0 Å². The van der Waals surface area contributed by atoms with Gasteiger partial charge < -0.3 is 15.5 Å². The zero-order valence-electron chi connectivity index (χ0n) is 25.7. The van der Waals surface area contributed by atoms with Crippen LogP contribution in [-0.2, 0) is 6.54 Å². The molecule has 0 atom stereocenters. The lowest BCUT2D eigenvalue weighted by molar-refractivity contribution is 0.0906. The van der Waals surface area contributed by atoms with Gasteiger partial charge in [-0.15, -0.1) is 0 Å². The van der Waals surface area contributed by atoms with Gasteiger partial charge in [-0.1, -0.05) is 54.1 Å². The number of halogens is 1. The predicted octanol–water partition coefficient (Wildman–Crippen LogP) is 5.99. The Balaban J connectivity index is 0.943. The second-order valence-electron chi connectivity index (χ2n) is 12.2. The molecule has 8 heteroatoms. The van der Waals surface area contributed by atoms with Crippen LogP contribution in [0.2, 0.25) is 0 Å². The number of hydrogen-bond acceptors (Lipinski definition) is 5. The van der Waals surface area contributed by atoms with E-state index in [2.05, 4.69) is 32.6 Å². The number of aromatic nitrogens is 1. The fraction of sp³-hybridized carbons (Fsp3) is 0.324. The number of anilines is 1. The molecule has 6 rings (SSSR count). The standard InChI is InChI=1S/C37H40FN5O2/c1-26-7-10-28(11-8-26)33-23-30(12-13-34(33)38)37(45)41-31-15-19-42(20-16-31)25-27-9-14-35(39-24-27)43-21-17-32(18-22-43)40-36(44)29-5-3-2-4-6-29/h2-14,23-24,31-32H,15-22,25H2,1H3,(H,40,44)(H,41,45). The predicted molar refractivity (Wildman–Crippen MR) is 176 cm³/mol. The number of nitrogens with one attached hydrogen (secondary N) is 2. The van der Waals surface area contributed by atoms with E-state index in [0.29, 0.717) is 16.7 Å². The number of nitrogens with zero attached hydrogens (tertiary/aromatic N) is 3. The van der Waals surface area contributed by atoms with Crippen LogP contribution < -0.4 is 15.5 Å². The van der Waals surface area contributed by atoms with E-state index < -0.39 is 0 Å². The van der Waals surface area contributed by atoms with Crippen LogP contribution in [0, 0.1) is 12.7 Å². The van der Waals surface area contributed by atoms with Crippen LogP contribution >= 0.6 is 0 Å². The molecule has 0 aliphatic carbocycles. The fourth-order valence-corrected chi connectivity index (χ4v) is 6.19. The van der Waals surface area contributed by atoms with E-state index in [1.807, 2.05) is 67.7 Å². The van der Waals surface area contributed by atoms with Crippen LogP contribution in [0.25, 0.3) is 11.1 Å². The topological polar surface area (TPSA) is 77.6 Å². The minimum atomic E-state index is -0.333. The summed E-state index contributed by atoms with van der Waals surface area (Å²) in [6.45, 7) is 6.29. The molecule has 2 aliphatic rings. The number of carbonyl (C=O) groups excluding carboxylic acids is 2. The summed E-state index contributed by atoms with van der Waals surface area (Å²) in [7, 11) is 0. The average molecular weight is 606 g/mol. The molecule has 0 spiro atoms. The molecule has 1 aromatic heterocycles. The van der Waals surface area contributed by atoms with Crippen LogP contribution in [0.3, 0.4) is 0 Å². The van der Waals surface area contributed by atoms with Gasteiger partial charge in [0, 0.05) is 67.7 Å². The van der Waals surface area contributed by atoms with E-state index in [-0.39, 0.29) is 29.7 Å². The number of likely N-dealkylation sites (tertiary alicyclic amines) is 1. The van der Waals surface area contributed by atoms with Crippen LogP contribution in [0.1, 0.15) is 57.5 Å². The molecule has 4 aromatic rings. The van der Waals surface area contributed by atoms with Crippen molar-refractivity contribution in [3.63, 3.8) is 0 Å². The number of benzene rings is 3. The lowest BCUT2D eigenvalue weighted by Gasteiger charge is -2.34. The van der Waals surface area contributed by atoms with E-state index in [1.165, 1.54) is 11.6 Å². The summed E-state index contributed by atoms with van der Waals surface area (Å²) in [5.74, 6) is 0.465. The monoisotopic (exact) mass is 605 g/mol. The van der Waals surface area contributed by atoms with Crippen molar-refractivity contribution in [1.82, 2.24) is 20.5 Å². The van der Waals surface area contributed by atoms with Crippen molar-refractivity contribution in [2.75, 3.05) is 31.1 Å². The van der Waals surface area contributed by atoms with Gasteiger partial charge in [0.05, 0.1) is 0 Å². The highest BCUT2D eigenvalue weighted by atomic mass is 19.1. The third kappa shape index (κ3) is 7.75.